The van der Waals surface area contributed by atoms with Crippen molar-refractivity contribution in [3.8, 4) is 0 Å². The van der Waals surface area contributed by atoms with Crippen LogP contribution in [0.5, 0.6) is 0 Å². The zero-order valence-corrected chi connectivity index (χ0v) is 8.08. The number of hydrogen-bond acceptors (Lipinski definition) is 4. The largest absolute Gasteiger partial charge is 0.384 e. The molecule has 1 aromatic carbocycles. The number of pyridine rings is 1. The third-order valence-electron chi connectivity index (χ3n) is 2.22. The highest BCUT2D eigenvalue weighted by molar-refractivity contribution is 7.04. The first-order valence-electron chi connectivity index (χ1n) is 4.24. The van der Waals surface area contributed by atoms with Gasteiger partial charge in [0, 0.05) is 16.2 Å². The van der Waals surface area contributed by atoms with Gasteiger partial charge in [0.05, 0.1) is 11.0 Å². The van der Waals surface area contributed by atoms with Crippen molar-refractivity contribution in [1.29, 1.82) is 0 Å². The molecule has 2 heterocycles. The summed E-state index contributed by atoms with van der Waals surface area (Å²) in [6, 6.07) is 7.82. The summed E-state index contributed by atoms with van der Waals surface area (Å²) < 4.78 is 4.26. The van der Waals surface area contributed by atoms with E-state index >= 15 is 0 Å². The minimum Gasteiger partial charge on any atom is -0.384 e. The number of nitrogens with two attached hydrogens (primary N) is 1. The first-order valence-corrected chi connectivity index (χ1v) is 5.07. The van der Waals surface area contributed by atoms with Crippen LogP contribution in [0, 0.1) is 0 Å². The van der Waals surface area contributed by atoms with Gasteiger partial charge in [-0.1, -0.05) is 6.07 Å². The molecule has 0 saturated heterocycles. The number of fused-ring (bicyclic) bond motifs is 3. The van der Waals surface area contributed by atoms with Gasteiger partial charge in [0.15, 0.2) is 0 Å². The molecule has 0 spiro atoms. The van der Waals surface area contributed by atoms with Gasteiger partial charge in [-0.3, -0.25) is 0 Å². The summed E-state index contributed by atoms with van der Waals surface area (Å²) in [5, 5.41) is 4.19. The zero-order chi connectivity index (χ0) is 9.54. The lowest BCUT2D eigenvalue weighted by atomic mass is 10.1. The Kier molecular flexibility index (Phi) is 1.46. The molecule has 2 aromatic heterocycles. The van der Waals surface area contributed by atoms with E-state index in [1.54, 1.807) is 0 Å². The normalized spacial score (nSPS) is 11.1. The van der Waals surface area contributed by atoms with Gasteiger partial charge in [0.1, 0.15) is 5.82 Å². The summed E-state index contributed by atoms with van der Waals surface area (Å²) in [4.78, 5) is 4.32. The molecule has 0 aliphatic carbocycles. The molecule has 0 unspecified atom stereocenters. The summed E-state index contributed by atoms with van der Waals surface area (Å²) >= 11 is 1.44. The van der Waals surface area contributed by atoms with Crippen molar-refractivity contribution in [3.63, 3.8) is 0 Å². The van der Waals surface area contributed by atoms with Crippen LogP contribution in [0.4, 0.5) is 5.82 Å². The molecule has 4 heteroatoms. The maximum atomic E-state index is 5.66. The predicted molar refractivity (Wildman–Crippen MR) is 59.3 cm³/mol. The maximum absolute atomic E-state index is 5.66. The minimum atomic E-state index is 0.552. The van der Waals surface area contributed by atoms with Gasteiger partial charge < -0.3 is 5.73 Å². The Bertz CT molecular complexity index is 615. The Labute approximate surface area is 84.4 Å². The van der Waals surface area contributed by atoms with E-state index in [0.29, 0.717) is 5.82 Å². The van der Waals surface area contributed by atoms with Crippen molar-refractivity contribution in [2.45, 2.75) is 0 Å². The highest BCUT2D eigenvalue weighted by Crippen LogP contribution is 2.24. The number of benzene rings is 1. The fourth-order valence-electron chi connectivity index (χ4n) is 1.55. The van der Waals surface area contributed by atoms with Crippen LogP contribution in [0.3, 0.4) is 0 Å². The molecule has 0 fully saturated rings. The lowest BCUT2D eigenvalue weighted by Crippen LogP contribution is -1.89. The molecular formula is C10H7N3S. The Morgan fingerprint density at radius 3 is 2.93 bits per heavy atom. The Hall–Kier alpha value is -1.68. The van der Waals surface area contributed by atoms with Gasteiger partial charge in [0.2, 0.25) is 0 Å². The molecule has 3 nitrogen and oxygen atoms in total. The summed E-state index contributed by atoms with van der Waals surface area (Å²) in [5.41, 5.74) is 7.58. The summed E-state index contributed by atoms with van der Waals surface area (Å²) in [7, 11) is 0. The first-order chi connectivity index (χ1) is 6.84. The van der Waals surface area contributed by atoms with E-state index in [2.05, 4.69) is 9.36 Å². The Morgan fingerprint density at radius 2 is 2.00 bits per heavy atom. The molecular weight excluding hydrogens is 194 g/mol. The van der Waals surface area contributed by atoms with E-state index in [1.165, 1.54) is 11.5 Å². The SMILES string of the molecule is Nc1ccc2ccc3nscc3c2n1. The van der Waals surface area contributed by atoms with Gasteiger partial charge in [0.25, 0.3) is 0 Å². The van der Waals surface area contributed by atoms with Crippen LogP contribution < -0.4 is 5.73 Å². The molecule has 0 amide bonds. The van der Waals surface area contributed by atoms with Crippen LogP contribution >= 0.6 is 11.5 Å². The molecule has 3 rings (SSSR count). The smallest absolute Gasteiger partial charge is 0.124 e. The van der Waals surface area contributed by atoms with E-state index in [9.17, 15) is 0 Å². The summed E-state index contributed by atoms with van der Waals surface area (Å²) in [6.07, 6.45) is 0. The molecule has 0 bridgehead atoms. The summed E-state index contributed by atoms with van der Waals surface area (Å²) in [6.45, 7) is 0. The average Bonchev–Trinajstić information content (AvgIpc) is 2.65. The molecule has 2 N–H and O–H groups in total. The third kappa shape index (κ3) is 0.975. The average molecular weight is 201 g/mol. The van der Waals surface area contributed by atoms with Crippen molar-refractivity contribution in [2.24, 2.45) is 0 Å². The van der Waals surface area contributed by atoms with E-state index in [-0.39, 0.29) is 0 Å². The molecule has 0 aliphatic rings. The molecule has 3 aromatic rings. The number of nitrogen functional groups attached to an aromatic ring is 1. The second-order valence-corrected chi connectivity index (χ2v) is 3.75. The Balaban J connectivity index is 2.60. The molecule has 14 heavy (non-hydrogen) atoms. The van der Waals surface area contributed by atoms with Crippen molar-refractivity contribution in [2.75, 3.05) is 5.73 Å². The van der Waals surface area contributed by atoms with Crippen LogP contribution in [0.15, 0.2) is 29.6 Å². The van der Waals surface area contributed by atoms with E-state index in [0.717, 1.165) is 21.8 Å². The van der Waals surface area contributed by atoms with E-state index < -0.39 is 0 Å². The van der Waals surface area contributed by atoms with Gasteiger partial charge in [-0.15, -0.1) is 0 Å². The zero-order valence-electron chi connectivity index (χ0n) is 7.27. The van der Waals surface area contributed by atoms with Crippen LogP contribution in [-0.2, 0) is 0 Å². The van der Waals surface area contributed by atoms with Crippen LogP contribution in [-0.4, -0.2) is 9.36 Å². The van der Waals surface area contributed by atoms with Gasteiger partial charge in [-0.2, -0.15) is 4.37 Å². The second-order valence-electron chi connectivity index (χ2n) is 3.12. The number of anilines is 1. The predicted octanol–water partition coefficient (Wildman–Crippen LogP) is 2.43. The van der Waals surface area contributed by atoms with Gasteiger partial charge in [-0.25, -0.2) is 4.98 Å². The lowest BCUT2D eigenvalue weighted by molar-refractivity contribution is 1.43. The highest BCUT2D eigenvalue weighted by Gasteiger charge is 2.03. The highest BCUT2D eigenvalue weighted by atomic mass is 32.1. The van der Waals surface area contributed by atoms with Crippen LogP contribution in [0.25, 0.3) is 21.8 Å². The molecule has 0 saturated carbocycles. The fourth-order valence-corrected chi connectivity index (χ4v) is 2.21. The van der Waals surface area contributed by atoms with Gasteiger partial charge >= 0.3 is 0 Å². The summed E-state index contributed by atoms with van der Waals surface area (Å²) in [5.74, 6) is 0.552. The quantitative estimate of drug-likeness (QED) is 0.607. The monoisotopic (exact) mass is 201 g/mol. The van der Waals surface area contributed by atoms with Crippen molar-refractivity contribution in [1.82, 2.24) is 9.36 Å². The Morgan fingerprint density at radius 1 is 1.14 bits per heavy atom. The van der Waals surface area contributed by atoms with E-state index in [1.807, 2.05) is 29.6 Å². The van der Waals surface area contributed by atoms with Crippen molar-refractivity contribution < 1.29 is 0 Å². The third-order valence-corrected chi connectivity index (χ3v) is 2.86. The van der Waals surface area contributed by atoms with Crippen molar-refractivity contribution in [3.05, 3.63) is 29.6 Å². The standard InChI is InChI=1S/C10H7N3S/c11-9-4-2-6-1-3-8-7(5-14-13-8)10(6)12-9/h1-5H,(H2,11,12). The topological polar surface area (TPSA) is 51.8 Å². The lowest BCUT2D eigenvalue weighted by Gasteiger charge is -1.98. The second kappa shape index (κ2) is 2.65. The first kappa shape index (κ1) is 7.70. The van der Waals surface area contributed by atoms with E-state index in [4.69, 9.17) is 5.73 Å². The van der Waals surface area contributed by atoms with Gasteiger partial charge in [-0.05, 0) is 29.7 Å². The minimum absolute atomic E-state index is 0.552. The van der Waals surface area contributed by atoms with Crippen LogP contribution in [0.1, 0.15) is 0 Å². The van der Waals surface area contributed by atoms with Crippen molar-refractivity contribution >= 4 is 39.2 Å². The number of aromatic nitrogens is 2. The fraction of sp³-hybridized carbons (Fsp3) is 0. The number of rotatable bonds is 0. The van der Waals surface area contributed by atoms with Crippen LogP contribution in [0.2, 0.25) is 0 Å². The number of nitrogens with zero attached hydrogens (tertiary/aromatic N) is 2. The molecule has 0 atom stereocenters. The molecule has 0 aliphatic heterocycles. The maximum Gasteiger partial charge on any atom is 0.124 e. The molecule has 68 valence electrons. The number of hydrogen-bond donors (Lipinski definition) is 1. The molecule has 0 radical (unpaired) electrons.